The third kappa shape index (κ3) is 4.00. The number of ether oxygens (including phenoxy) is 3. The van der Waals surface area contributed by atoms with Crippen molar-refractivity contribution < 1.29 is 19.1 Å². The van der Waals surface area contributed by atoms with Crippen LogP contribution in [0.15, 0.2) is 6.33 Å². The van der Waals surface area contributed by atoms with E-state index in [4.69, 9.17) is 14.2 Å². The molecule has 0 spiro atoms. The van der Waals surface area contributed by atoms with Gasteiger partial charge in [0.05, 0.1) is 24.7 Å². The second-order valence-corrected chi connectivity index (χ2v) is 3.53. The average molecular weight is 272 g/mol. The fourth-order valence-electron chi connectivity index (χ4n) is 1.41. The summed E-state index contributed by atoms with van der Waals surface area (Å²) in [4.78, 5) is 17.9. The lowest BCUT2D eigenvalue weighted by atomic mass is 10.3. The summed E-state index contributed by atoms with van der Waals surface area (Å²) >= 11 is 0. The van der Waals surface area contributed by atoms with Crippen molar-refractivity contribution in [3.63, 3.8) is 0 Å². The van der Waals surface area contributed by atoms with Gasteiger partial charge in [-0.2, -0.15) is 4.98 Å². The second kappa shape index (κ2) is 7.44. The molecule has 0 saturated heterocycles. The highest BCUT2D eigenvalue weighted by Gasteiger charge is 2.24. The molecule has 0 amide bonds. The molecular formula is C10H16N4O5. The molecule has 19 heavy (non-hydrogen) atoms. The molecule has 0 fully saturated rings. The summed E-state index contributed by atoms with van der Waals surface area (Å²) in [5, 5.41) is 13.8. The van der Waals surface area contributed by atoms with Crippen LogP contribution in [0.4, 0.5) is 11.5 Å². The molecule has 9 heteroatoms. The Kier molecular flexibility index (Phi) is 5.90. The molecule has 0 bridgehead atoms. The van der Waals surface area contributed by atoms with Gasteiger partial charge in [-0.15, -0.1) is 0 Å². The van der Waals surface area contributed by atoms with Gasteiger partial charge >= 0.3 is 5.69 Å². The molecule has 1 heterocycles. The number of nitrogens with one attached hydrogen (secondary N) is 1. The minimum atomic E-state index is -0.598. The Balaban J connectivity index is 2.85. The van der Waals surface area contributed by atoms with Crippen molar-refractivity contribution in [1.29, 1.82) is 0 Å². The second-order valence-electron chi connectivity index (χ2n) is 3.53. The topological polar surface area (TPSA) is 109 Å². The van der Waals surface area contributed by atoms with Crippen LogP contribution in [0.5, 0.6) is 5.88 Å². The van der Waals surface area contributed by atoms with E-state index in [0.717, 1.165) is 0 Å². The Morgan fingerprint density at radius 1 is 1.42 bits per heavy atom. The van der Waals surface area contributed by atoms with Crippen LogP contribution in [0.25, 0.3) is 0 Å². The Labute approximate surface area is 110 Å². The van der Waals surface area contributed by atoms with E-state index in [9.17, 15) is 10.1 Å². The summed E-state index contributed by atoms with van der Waals surface area (Å²) in [7, 11) is 4.38. The molecule has 1 aromatic rings. The van der Waals surface area contributed by atoms with Crippen LogP contribution < -0.4 is 10.1 Å². The van der Waals surface area contributed by atoms with Crippen LogP contribution in [0.3, 0.4) is 0 Å². The highest BCUT2D eigenvalue weighted by atomic mass is 16.6. The van der Waals surface area contributed by atoms with E-state index in [0.29, 0.717) is 13.2 Å². The van der Waals surface area contributed by atoms with Crippen LogP contribution >= 0.6 is 0 Å². The van der Waals surface area contributed by atoms with Crippen LogP contribution in [0.2, 0.25) is 0 Å². The lowest BCUT2D eigenvalue weighted by Crippen LogP contribution is -2.27. The lowest BCUT2D eigenvalue weighted by Gasteiger charge is -2.15. The smallest absolute Gasteiger partial charge is 0.372 e. The Morgan fingerprint density at radius 3 is 2.68 bits per heavy atom. The predicted molar refractivity (Wildman–Crippen MR) is 66.4 cm³/mol. The molecule has 1 aromatic heterocycles. The summed E-state index contributed by atoms with van der Waals surface area (Å²) in [6.45, 7) is 0.671. The normalized spacial score (nSPS) is 11.9. The maximum Gasteiger partial charge on any atom is 0.372 e. The maximum absolute atomic E-state index is 11.0. The summed E-state index contributed by atoms with van der Waals surface area (Å²) in [5.74, 6) is -0.0155. The van der Waals surface area contributed by atoms with Gasteiger partial charge in [-0.3, -0.25) is 10.1 Å². The molecule has 1 rings (SSSR count). The van der Waals surface area contributed by atoms with E-state index < -0.39 is 4.92 Å². The first kappa shape index (κ1) is 15.1. The van der Waals surface area contributed by atoms with Crippen molar-refractivity contribution in [2.75, 3.05) is 39.8 Å². The number of aromatic nitrogens is 2. The highest BCUT2D eigenvalue weighted by molar-refractivity contribution is 5.61. The predicted octanol–water partition coefficient (Wildman–Crippen LogP) is 0.467. The molecule has 0 aliphatic rings. The van der Waals surface area contributed by atoms with Crippen molar-refractivity contribution in [3.8, 4) is 5.88 Å². The molecule has 1 unspecified atom stereocenters. The number of anilines is 1. The SMILES string of the molecule is COCC(CNc1ncnc(OC)c1[N+](=O)[O-])OC. The van der Waals surface area contributed by atoms with E-state index in [1.165, 1.54) is 20.5 Å². The van der Waals surface area contributed by atoms with Crippen LogP contribution in [-0.2, 0) is 9.47 Å². The molecular weight excluding hydrogens is 256 g/mol. The van der Waals surface area contributed by atoms with Crippen LogP contribution in [0.1, 0.15) is 0 Å². The molecule has 1 N–H and O–H groups in total. The van der Waals surface area contributed by atoms with Gasteiger partial charge in [0, 0.05) is 20.8 Å². The molecule has 9 nitrogen and oxygen atoms in total. The highest BCUT2D eigenvalue weighted by Crippen LogP contribution is 2.30. The van der Waals surface area contributed by atoms with Crippen LogP contribution in [-0.4, -0.2) is 55.5 Å². The van der Waals surface area contributed by atoms with Gasteiger partial charge in [-0.25, -0.2) is 4.98 Å². The van der Waals surface area contributed by atoms with Crippen molar-refractivity contribution >= 4 is 11.5 Å². The number of nitro groups is 1. The van der Waals surface area contributed by atoms with Gasteiger partial charge in [0.25, 0.3) is 5.88 Å². The minimum absolute atomic E-state index is 0.0787. The molecule has 0 aliphatic carbocycles. The maximum atomic E-state index is 11.0. The van der Waals surface area contributed by atoms with E-state index in [2.05, 4.69) is 15.3 Å². The third-order valence-electron chi connectivity index (χ3n) is 2.35. The number of hydrogen-bond donors (Lipinski definition) is 1. The Bertz CT molecular complexity index is 428. The van der Waals surface area contributed by atoms with Gasteiger partial charge in [-0.05, 0) is 0 Å². The number of hydrogen-bond acceptors (Lipinski definition) is 8. The number of nitrogens with zero attached hydrogens (tertiary/aromatic N) is 3. The third-order valence-corrected chi connectivity index (χ3v) is 2.35. The van der Waals surface area contributed by atoms with Gasteiger partial charge in [0.2, 0.25) is 5.82 Å². The molecule has 1 atom stereocenters. The van der Waals surface area contributed by atoms with Crippen molar-refractivity contribution in [2.24, 2.45) is 0 Å². The molecule has 0 radical (unpaired) electrons. The fraction of sp³-hybridized carbons (Fsp3) is 0.600. The zero-order chi connectivity index (χ0) is 14.3. The zero-order valence-corrected chi connectivity index (χ0v) is 11.0. The first-order valence-electron chi connectivity index (χ1n) is 5.43. The fourth-order valence-corrected chi connectivity index (χ4v) is 1.41. The van der Waals surface area contributed by atoms with E-state index in [1.807, 2.05) is 0 Å². The summed E-state index contributed by atoms with van der Waals surface area (Å²) in [6.07, 6.45) is 0.942. The lowest BCUT2D eigenvalue weighted by molar-refractivity contribution is -0.385. The van der Waals surface area contributed by atoms with Crippen molar-refractivity contribution in [1.82, 2.24) is 9.97 Å². The van der Waals surface area contributed by atoms with Gasteiger partial charge in [0.15, 0.2) is 0 Å². The Hall–Kier alpha value is -2.00. The summed E-state index contributed by atoms with van der Waals surface area (Å²) in [6, 6.07) is 0. The van der Waals surface area contributed by atoms with E-state index >= 15 is 0 Å². The van der Waals surface area contributed by atoms with Gasteiger partial charge in [-0.1, -0.05) is 0 Å². The first-order valence-corrected chi connectivity index (χ1v) is 5.43. The average Bonchev–Trinajstić information content (AvgIpc) is 2.42. The van der Waals surface area contributed by atoms with E-state index in [-0.39, 0.29) is 23.5 Å². The van der Waals surface area contributed by atoms with Gasteiger partial charge in [0.1, 0.15) is 6.33 Å². The minimum Gasteiger partial charge on any atom is -0.476 e. The van der Waals surface area contributed by atoms with Crippen molar-refractivity contribution in [2.45, 2.75) is 6.10 Å². The van der Waals surface area contributed by atoms with Crippen molar-refractivity contribution in [3.05, 3.63) is 16.4 Å². The number of rotatable bonds is 8. The zero-order valence-electron chi connectivity index (χ0n) is 11.0. The molecule has 0 saturated carbocycles. The number of methoxy groups -OCH3 is 3. The van der Waals surface area contributed by atoms with Crippen LogP contribution in [0, 0.1) is 10.1 Å². The quantitative estimate of drug-likeness (QED) is 0.537. The summed E-state index contributed by atoms with van der Waals surface area (Å²) < 4.78 is 14.9. The molecule has 0 aromatic carbocycles. The van der Waals surface area contributed by atoms with E-state index in [1.54, 1.807) is 7.11 Å². The van der Waals surface area contributed by atoms with Gasteiger partial charge < -0.3 is 19.5 Å². The largest absolute Gasteiger partial charge is 0.476 e. The molecule has 0 aliphatic heterocycles. The standard InChI is InChI=1S/C10H16N4O5/c1-17-5-7(18-2)4-11-9-8(14(15)16)10(19-3)13-6-12-9/h6-7H,4-5H2,1-3H3,(H,11,12,13). The summed E-state index contributed by atoms with van der Waals surface area (Å²) in [5.41, 5.74) is -0.308. The Morgan fingerprint density at radius 2 is 2.16 bits per heavy atom. The monoisotopic (exact) mass is 272 g/mol. The molecule has 106 valence electrons. The first-order chi connectivity index (χ1) is 9.13.